The third kappa shape index (κ3) is 6.43. The molecule has 1 aliphatic carbocycles. The number of hydrogen-bond donors (Lipinski definition) is 2. The molecule has 2 aliphatic heterocycles. The number of fused-ring (bicyclic) bond motifs is 1. The monoisotopic (exact) mass is 641 g/mol. The molecule has 11 nitrogen and oxygen atoms in total. The van der Waals surface area contributed by atoms with Gasteiger partial charge in [0.2, 0.25) is 11.8 Å². The Hall–Kier alpha value is -4.09. The van der Waals surface area contributed by atoms with Crippen molar-refractivity contribution in [2.75, 3.05) is 32.0 Å². The molecule has 2 saturated heterocycles. The van der Waals surface area contributed by atoms with Crippen LogP contribution in [0.4, 0.5) is 18.9 Å². The number of amides is 2. The smallest absolute Gasteiger partial charge is 0.329 e. The first-order valence-corrected chi connectivity index (χ1v) is 15.7. The second kappa shape index (κ2) is 13.3. The van der Waals surface area contributed by atoms with Crippen molar-refractivity contribution >= 4 is 28.5 Å². The topological polar surface area (TPSA) is 129 Å². The fourth-order valence-electron chi connectivity index (χ4n) is 7.08. The molecule has 1 saturated carbocycles. The number of benzene rings is 1. The van der Waals surface area contributed by atoms with E-state index in [0.29, 0.717) is 35.5 Å². The SMILES string of the molecule is Cn1c(=O)n(C2CCC(=O)NC2=O)c2cccc(C#CCO[C@@H]3CCN(CC4CCC(n5cc(N)c(C(F)F)n5)CC4)C[C@H]3F)c21. The molecule has 2 amide bonds. The van der Waals surface area contributed by atoms with Crippen molar-refractivity contribution in [3.05, 3.63) is 46.1 Å². The maximum Gasteiger partial charge on any atom is 0.329 e. The lowest BCUT2D eigenvalue weighted by Gasteiger charge is -2.38. The molecular formula is C32H38F3N7O4. The van der Waals surface area contributed by atoms with Crippen LogP contribution in [0.3, 0.4) is 0 Å². The number of halogens is 3. The van der Waals surface area contributed by atoms with Gasteiger partial charge in [-0.15, -0.1) is 0 Å². The van der Waals surface area contributed by atoms with Gasteiger partial charge in [0, 0.05) is 39.3 Å². The average Bonchev–Trinajstić information content (AvgIpc) is 3.54. The Kier molecular flexibility index (Phi) is 9.24. The van der Waals surface area contributed by atoms with Crippen LogP contribution in [0, 0.1) is 17.8 Å². The van der Waals surface area contributed by atoms with Crippen molar-refractivity contribution in [1.82, 2.24) is 29.1 Å². The highest BCUT2D eigenvalue weighted by Crippen LogP contribution is 2.35. The molecule has 3 aliphatic rings. The Morgan fingerprint density at radius 3 is 2.61 bits per heavy atom. The summed E-state index contributed by atoms with van der Waals surface area (Å²) in [5.74, 6) is 5.55. The number of alkyl halides is 3. The summed E-state index contributed by atoms with van der Waals surface area (Å²) in [6.45, 7) is 1.80. The van der Waals surface area contributed by atoms with Crippen LogP contribution in [0.5, 0.6) is 0 Å². The van der Waals surface area contributed by atoms with Gasteiger partial charge in [0.15, 0.2) is 5.69 Å². The number of ether oxygens (including phenoxy) is 1. The lowest BCUT2D eigenvalue weighted by atomic mass is 9.85. The number of nitrogens with zero attached hydrogens (tertiary/aromatic N) is 5. The van der Waals surface area contributed by atoms with E-state index >= 15 is 4.39 Å². The van der Waals surface area contributed by atoms with E-state index in [0.717, 1.165) is 32.2 Å². The number of imidazole rings is 1. The summed E-state index contributed by atoms with van der Waals surface area (Å²) >= 11 is 0. The first kappa shape index (κ1) is 31.9. The molecule has 0 bridgehead atoms. The summed E-state index contributed by atoms with van der Waals surface area (Å²) in [5.41, 5.74) is 6.68. The number of rotatable bonds is 7. The van der Waals surface area contributed by atoms with E-state index < -0.39 is 30.7 Å². The van der Waals surface area contributed by atoms with Crippen molar-refractivity contribution in [3.8, 4) is 11.8 Å². The highest BCUT2D eigenvalue weighted by Gasteiger charge is 2.33. The van der Waals surface area contributed by atoms with Crippen molar-refractivity contribution < 1.29 is 27.5 Å². The number of likely N-dealkylation sites (tertiary alicyclic amines) is 1. The zero-order chi connectivity index (χ0) is 32.5. The summed E-state index contributed by atoms with van der Waals surface area (Å²) < 4.78 is 51.5. The van der Waals surface area contributed by atoms with Crippen LogP contribution in [-0.2, 0) is 21.4 Å². The van der Waals surface area contributed by atoms with Gasteiger partial charge in [-0.05, 0) is 56.6 Å². The molecule has 14 heteroatoms. The van der Waals surface area contributed by atoms with Crippen molar-refractivity contribution in [3.63, 3.8) is 0 Å². The fourth-order valence-corrected chi connectivity index (χ4v) is 7.08. The number of nitrogens with one attached hydrogen (secondary N) is 1. The van der Waals surface area contributed by atoms with Gasteiger partial charge in [0.05, 0.1) is 34.4 Å². The lowest BCUT2D eigenvalue weighted by molar-refractivity contribution is -0.135. The van der Waals surface area contributed by atoms with Gasteiger partial charge in [-0.3, -0.25) is 33.6 Å². The Labute approximate surface area is 263 Å². The molecule has 246 valence electrons. The molecule has 3 atom stereocenters. The molecule has 3 N–H and O–H groups in total. The first-order valence-electron chi connectivity index (χ1n) is 15.7. The highest BCUT2D eigenvalue weighted by atomic mass is 19.3. The van der Waals surface area contributed by atoms with E-state index in [2.05, 4.69) is 27.2 Å². The number of imide groups is 1. The van der Waals surface area contributed by atoms with E-state index in [1.165, 1.54) is 15.3 Å². The molecule has 46 heavy (non-hydrogen) atoms. The molecule has 6 rings (SSSR count). The number of aryl methyl sites for hydroxylation is 1. The second-order valence-corrected chi connectivity index (χ2v) is 12.5. The summed E-state index contributed by atoms with van der Waals surface area (Å²) in [4.78, 5) is 39.3. The van der Waals surface area contributed by atoms with E-state index in [1.54, 1.807) is 29.9 Å². The number of para-hydroxylation sites is 1. The summed E-state index contributed by atoms with van der Waals surface area (Å²) in [6.07, 6.45) is 1.48. The zero-order valence-corrected chi connectivity index (χ0v) is 25.6. The molecule has 0 radical (unpaired) electrons. The third-order valence-electron chi connectivity index (χ3n) is 9.49. The molecule has 3 aromatic rings. The number of carbonyl (C=O) groups excluding carboxylic acids is 2. The molecule has 0 spiro atoms. The van der Waals surface area contributed by atoms with Crippen LogP contribution in [0.2, 0.25) is 0 Å². The molecular weight excluding hydrogens is 603 g/mol. The van der Waals surface area contributed by atoms with Gasteiger partial charge in [0.1, 0.15) is 18.8 Å². The minimum absolute atomic E-state index is 0.0215. The number of nitrogens with two attached hydrogens (primary N) is 1. The van der Waals surface area contributed by atoms with Crippen LogP contribution in [0.1, 0.15) is 74.7 Å². The van der Waals surface area contributed by atoms with Crippen molar-refractivity contribution in [2.24, 2.45) is 13.0 Å². The van der Waals surface area contributed by atoms with E-state index in [-0.39, 0.29) is 55.0 Å². The number of anilines is 1. The zero-order valence-electron chi connectivity index (χ0n) is 25.6. The number of hydrogen-bond acceptors (Lipinski definition) is 7. The predicted octanol–water partition coefficient (Wildman–Crippen LogP) is 3.25. The number of piperidine rings is 2. The lowest BCUT2D eigenvalue weighted by Crippen LogP contribution is -2.47. The largest absolute Gasteiger partial charge is 0.396 e. The third-order valence-corrected chi connectivity index (χ3v) is 9.49. The molecule has 2 aromatic heterocycles. The van der Waals surface area contributed by atoms with Gasteiger partial charge in [0.25, 0.3) is 6.43 Å². The Morgan fingerprint density at radius 1 is 1.13 bits per heavy atom. The maximum atomic E-state index is 15.1. The Bertz CT molecular complexity index is 1730. The van der Waals surface area contributed by atoms with Crippen molar-refractivity contribution in [2.45, 2.75) is 75.7 Å². The summed E-state index contributed by atoms with van der Waals surface area (Å²) in [5, 5.41) is 6.31. The van der Waals surface area contributed by atoms with Crippen LogP contribution in [0.15, 0.2) is 29.2 Å². The minimum Gasteiger partial charge on any atom is -0.396 e. The highest BCUT2D eigenvalue weighted by molar-refractivity contribution is 6.00. The average molecular weight is 642 g/mol. The fraction of sp³-hybridized carbons (Fsp3) is 0.562. The van der Waals surface area contributed by atoms with Crippen LogP contribution in [0.25, 0.3) is 11.0 Å². The molecule has 1 aromatic carbocycles. The van der Waals surface area contributed by atoms with Gasteiger partial charge >= 0.3 is 5.69 Å². The normalized spacial score (nSPS) is 25.9. The Morgan fingerprint density at radius 2 is 1.91 bits per heavy atom. The van der Waals surface area contributed by atoms with Gasteiger partial charge in [-0.25, -0.2) is 18.0 Å². The first-order chi connectivity index (χ1) is 22.1. The minimum atomic E-state index is -2.69. The summed E-state index contributed by atoms with van der Waals surface area (Å²) in [7, 11) is 1.61. The number of aromatic nitrogens is 4. The quantitative estimate of drug-likeness (QED) is 0.299. The molecule has 4 heterocycles. The maximum absolute atomic E-state index is 15.1. The van der Waals surface area contributed by atoms with Crippen molar-refractivity contribution in [1.29, 1.82) is 0 Å². The van der Waals surface area contributed by atoms with E-state index in [1.807, 2.05) is 0 Å². The van der Waals surface area contributed by atoms with Gasteiger partial charge in [-0.1, -0.05) is 17.9 Å². The van der Waals surface area contributed by atoms with Gasteiger partial charge in [-0.2, -0.15) is 5.10 Å². The standard InChI is InChI=1S/C32H38F3N7O4/c1-39-29-20(4-2-6-24(29)42(32(39)45)25-11-12-27(43)37-31(25)44)5-3-15-46-26-13-14-40(17-22(26)33)16-19-7-9-21(10-8-19)41-18-23(36)28(38-41)30(34)35/h2,4,6,18-19,21-22,25-26,30H,7-17,36H2,1H3,(H,37,43,44)/t19?,21?,22-,25?,26-/m1/s1. The van der Waals surface area contributed by atoms with Crippen LogP contribution in [-0.4, -0.2) is 74.1 Å². The van der Waals surface area contributed by atoms with E-state index in [9.17, 15) is 23.2 Å². The predicted molar refractivity (Wildman–Crippen MR) is 164 cm³/mol. The summed E-state index contributed by atoms with van der Waals surface area (Å²) in [6, 6.07) is 4.54. The molecule has 1 unspecified atom stereocenters. The second-order valence-electron chi connectivity index (χ2n) is 12.5. The van der Waals surface area contributed by atoms with Crippen LogP contribution >= 0.6 is 0 Å². The van der Waals surface area contributed by atoms with Crippen LogP contribution < -0.4 is 16.7 Å². The number of nitrogen functional groups attached to an aromatic ring is 1. The van der Waals surface area contributed by atoms with Gasteiger partial charge < -0.3 is 10.5 Å². The molecule has 3 fully saturated rings. The van der Waals surface area contributed by atoms with E-state index in [4.69, 9.17) is 10.5 Å². The number of carbonyl (C=O) groups is 2. The Balaban J connectivity index is 1.00.